The van der Waals surface area contributed by atoms with Crippen LogP contribution in [0, 0.1) is 0 Å². The first-order chi connectivity index (χ1) is 7.56. The van der Waals surface area contributed by atoms with Crippen LogP contribution in [0.4, 0.5) is 4.79 Å². The van der Waals surface area contributed by atoms with Crippen molar-refractivity contribution in [1.82, 2.24) is 0 Å². The molecule has 0 fully saturated rings. The van der Waals surface area contributed by atoms with Gasteiger partial charge in [-0.25, -0.2) is 4.79 Å². The van der Waals surface area contributed by atoms with Gasteiger partial charge in [0.05, 0.1) is 20.4 Å². The van der Waals surface area contributed by atoms with Crippen molar-refractivity contribution in [2.24, 2.45) is 0 Å². The van der Waals surface area contributed by atoms with Crippen molar-refractivity contribution in [1.29, 1.82) is 0 Å². The second-order valence-corrected chi connectivity index (χ2v) is 12.7. The van der Waals surface area contributed by atoms with Crippen LogP contribution in [0.1, 0.15) is 19.8 Å². The highest BCUT2D eigenvalue weighted by molar-refractivity contribution is 6.77. The van der Waals surface area contributed by atoms with E-state index in [1.54, 1.807) is 6.92 Å². The summed E-state index contributed by atoms with van der Waals surface area (Å²) in [5.74, 6) is 0. The molecular weight excluding hydrogens is 303 g/mol. The van der Waals surface area contributed by atoms with E-state index in [-0.39, 0.29) is 5.73 Å². The van der Waals surface area contributed by atoms with Crippen molar-refractivity contribution < 1.29 is 14.3 Å². The van der Waals surface area contributed by atoms with Crippen LogP contribution >= 0.6 is 34.8 Å². The normalized spacial score (nSPS) is 14.3. The molecule has 3 nitrogen and oxygen atoms in total. The Labute approximate surface area is 119 Å². The van der Waals surface area contributed by atoms with Crippen LogP contribution in [0.15, 0.2) is 0 Å². The molecule has 102 valence electrons. The van der Waals surface area contributed by atoms with E-state index in [1.165, 1.54) is 0 Å². The van der Waals surface area contributed by atoms with E-state index in [1.807, 2.05) is 0 Å². The van der Waals surface area contributed by atoms with Gasteiger partial charge in [-0.05, 0) is 19.8 Å². The van der Waals surface area contributed by atoms with E-state index in [0.717, 1.165) is 0 Å². The summed E-state index contributed by atoms with van der Waals surface area (Å²) in [6.45, 7) is 8.30. The SMILES string of the molecule is CCOC(=O)OC(CCC(Cl)(Cl)Cl)[Si](C)(C)C. The maximum Gasteiger partial charge on any atom is 0.508 e. The van der Waals surface area contributed by atoms with E-state index < -0.39 is 18.0 Å². The summed E-state index contributed by atoms with van der Waals surface area (Å²) in [6, 6.07) is 0. The maximum atomic E-state index is 11.3. The van der Waals surface area contributed by atoms with Crippen LogP contribution in [0.5, 0.6) is 0 Å². The van der Waals surface area contributed by atoms with Gasteiger partial charge in [-0.15, -0.1) is 0 Å². The molecule has 0 spiro atoms. The number of carbonyl (C=O) groups is 1. The Morgan fingerprint density at radius 3 is 2.18 bits per heavy atom. The second kappa shape index (κ2) is 7.07. The zero-order valence-corrected chi connectivity index (χ0v) is 13.8. The number of halogens is 3. The first kappa shape index (κ1) is 17.4. The smallest absolute Gasteiger partial charge is 0.435 e. The molecule has 17 heavy (non-hydrogen) atoms. The Bertz CT molecular complexity index is 248. The third kappa shape index (κ3) is 9.00. The maximum absolute atomic E-state index is 11.3. The quantitative estimate of drug-likeness (QED) is 0.423. The van der Waals surface area contributed by atoms with Crippen LogP contribution < -0.4 is 0 Å². The van der Waals surface area contributed by atoms with Crippen LogP contribution in [-0.4, -0.2) is 30.4 Å². The third-order valence-electron chi connectivity index (χ3n) is 2.16. The molecule has 0 heterocycles. The van der Waals surface area contributed by atoms with Gasteiger partial charge in [0, 0.05) is 0 Å². The van der Waals surface area contributed by atoms with E-state index >= 15 is 0 Å². The van der Waals surface area contributed by atoms with Crippen molar-refractivity contribution in [3.05, 3.63) is 0 Å². The summed E-state index contributed by atoms with van der Waals surface area (Å²) in [4.78, 5) is 11.3. The fraction of sp³-hybridized carbons (Fsp3) is 0.900. The summed E-state index contributed by atoms with van der Waals surface area (Å²) in [6.07, 6.45) is 0.237. The molecule has 7 heteroatoms. The van der Waals surface area contributed by atoms with Gasteiger partial charge >= 0.3 is 6.16 Å². The lowest BCUT2D eigenvalue weighted by Gasteiger charge is -2.29. The molecule has 0 bridgehead atoms. The van der Waals surface area contributed by atoms with Crippen LogP contribution in [0.2, 0.25) is 19.6 Å². The molecule has 0 N–H and O–H groups in total. The van der Waals surface area contributed by atoms with E-state index in [4.69, 9.17) is 44.3 Å². The number of alkyl halides is 3. The van der Waals surface area contributed by atoms with Crippen LogP contribution in [0.25, 0.3) is 0 Å². The van der Waals surface area contributed by atoms with Gasteiger partial charge in [0.15, 0.2) is 3.79 Å². The van der Waals surface area contributed by atoms with Crippen molar-refractivity contribution in [3.63, 3.8) is 0 Å². The van der Waals surface area contributed by atoms with E-state index in [2.05, 4.69) is 19.6 Å². The Hall–Kier alpha value is 0.357. The van der Waals surface area contributed by atoms with Gasteiger partial charge in [-0.1, -0.05) is 54.4 Å². The number of carbonyl (C=O) groups excluding carboxylic acids is 1. The first-order valence-corrected chi connectivity index (χ1v) is 10.2. The lowest BCUT2D eigenvalue weighted by atomic mass is 10.3. The monoisotopic (exact) mass is 320 g/mol. The molecule has 0 aliphatic rings. The summed E-state index contributed by atoms with van der Waals surface area (Å²) in [5.41, 5.74) is -0.211. The minimum Gasteiger partial charge on any atom is -0.435 e. The lowest BCUT2D eigenvalue weighted by Crippen LogP contribution is -2.42. The van der Waals surface area contributed by atoms with Crippen molar-refractivity contribution >= 4 is 49.0 Å². The number of hydrogen-bond acceptors (Lipinski definition) is 3. The van der Waals surface area contributed by atoms with Gasteiger partial charge in [0.1, 0.15) is 0 Å². The summed E-state index contributed by atoms with van der Waals surface area (Å²) in [7, 11) is -1.68. The highest BCUT2D eigenvalue weighted by Gasteiger charge is 2.33. The summed E-state index contributed by atoms with van der Waals surface area (Å²) in [5, 5.41) is 0. The molecule has 0 radical (unpaired) electrons. The molecule has 0 saturated heterocycles. The molecular formula is C10H19Cl3O3Si. The average molecular weight is 322 g/mol. The molecule has 0 saturated carbocycles. The highest BCUT2D eigenvalue weighted by Crippen LogP contribution is 2.33. The molecule has 0 aromatic heterocycles. The Kier molecular flexibility index (Phi) is 7.22. The van der Waals surface area contributed by atoms with Crippen LogP contribution in [-0.2, 0) is 9.47 Å². The predicted octanol–water partition coefficient (Wildman–Crippen LogP) is 4.56. The molecule has 0 rings (SSSR count). The predicted molar refractivity (Wildman–Crippen MR) is 74.8 cm³/mol. The lowest BCUT2D eigenvalue weighted by molar-refractivity contribution is 0.0438. The first-order valence-electron chi connectivity index (χ1n) is 5.46. The van der Waals surface area contributed by atoms with Gasteiger partial charge in [-0.2, -0.15) is 0 Å². The zero-order chi connectivity index (χ0) is 13.7. The van der Waals surface area contributed by atoms with E-state index in [9.17, 15) is 4.79 Å². The fourth-order valence-electron chi connectivity index (χ4n) is 1.23. The Morgan fingerprint density at radius 1 is 1.29 bits per heavy atom. The Morgan fingerprint density at radius 2 is 1.82 bits per heavy atom. The van der Waals surface area contributed by atoms with Gasteiger partial charge in [0.2, 0.25) is 0 Å². The molecule has 0 aromatic carbocycles. The topological polar surface area (TPSA) is 35.5 Å². The second-order valence-electron chi connectivity index (χ2n) is 4.81. The number of rotatable bonds is 5. The fourth-order valence-corrected chi connectivity index (χ4v) is 3.02. The zero-order valence-electron chi connectivity index (χ0n) is 10.6. The molecule has 0 amide bonds. The van der Waals surface area contributed by atoms with E-state index in [0.29, 0.717) is 19.4 Å². The van der Waals surface area contributed by atoms with Crippen molar-refractivity contribution in [3.8, 4) is 0 Å². The number of ether oxygens (including phenoxy) is 2. The van der Waals surface area contributed by atoms with Gasteiger partial charge < -0.3 is 9.47 Å². The van der Waals surface area contributed by atoms with Crippen molar-refractivity contribution in [2.75, 3.05) is 6.61 Å². The highest BCUT2D eigenvalue weighted by atomic mass is 35.6. The van der Waals surface area contributed by atoms with Crippen molar-refractivity contribution in [2.45, 2.75) is 48.9 Å². The molecule has 1 unspecified atom stereocenters. The number of hydrogen-bond donors (Lipinski definition) is 0. The third-order valence-corrected chi connectivity index (χ3v) is 5.06. The molecule has 1 atom stereocenters. The molecule has 0 aromatic rings. The summed E-state index contributed by atoms with van der Waals surface area (Å²) >= 11 is 17.1. The largest absolute Gasteiger partial charge is 0.508 e. The minimum atomic E-state index is -1.68. The average Bonchev–Trinajstić information content (AvgIpc) is 2.09. The van der Waals surface area contributed by atoms with Gasteiger partial charge in [-0.3, -0.25) is 0 Å². The summed E-state index contributed by atoms with van der Waals surface area (Å²) < 4.78 is 8.73. The molecule has 0 aliphatic carbocycles. The molecule has 0 aliphatic heterocycles. The van der Waals surface area contributed by atoms with Crippen LogP contribution in [0.3, 0.4) is 0 Å². The van der Waals surface area contributed by atoms with Gasteiger partial charge in [0.25, 0.3) is 0 Å². The Balaban J connectivity index is 4.41. The standard InChI is InChI=1S/C10H19Cl3O3Si/c1-5-15-9(14)16-8(17(2,3)4)6-7-10(11,12)13/h8H,5-7H2,1-4H3. The minimum absolute atomic E-state index is 0.211.